The Morgan fingerprint density at radius 3 is 2.88 bits per heavy atom. The number of fused-ring (bicyclic) bond motifs is 1. The van der Waals surface area contributed by atoms with Gasteiger partial charge < -0.3 is 24.0 Å². The molecule has 25 heavy (non-hydrogen) atoms. The molecule has 3 aliphatic heterocycles. The number of piperazine rings is 1. The molecule has 0 saturated carbocycles. The van der Waals surface area contributed by atoms with E-state index in [0.29, 0.717) is 38.6 Å². The summed E-state index contributed by atoms with van der Waals surface area (Å²) in [6, 6.07) is 5.72. The van der Waals surface area contributed by atoms with Crippen molar-refractivity contribution in [1.29, 1.82) is 0 Å². The highest BCUT2D eigenvalue weighted by Gasteiger charge is 2.29. The first-order valence-corrected chi connectivity index (χ1v) is 8.71. The minimum absolute atomic E-state index is 0.0139. The zero-order valence-electron chi connectivity index (χ0n) is 14.1. The van der Waals surface area contributed by atoms with Crippen LogP contribution in [0.25, 0.3) is 0 Å². The number of carbonyl (C=O) groups is 2. The highest BCUT2D eigenvalue weighted by molar-refractivity contribution is 5.86. The Hall–Kier alpha value is -2.28. The quantitative estimate of drug-likeness (QED) is 0.814. The van der Waals surface area contributed by atoms with Crippen LogP contribution in [0.15, 0.2) is 18.2 Å². The van der Waals surface area contributed by atoms with Crippen LogP contribution in [-0.4, -0.2) is 61.3 Å². The fourth-order valence-electron chi connectivity index (χ4n) is 3.47. The van der Waals surface area contributed by atoms with Gasteiger partial charge in [0.15, 0.2) is 11.5 Å². The van der Waals surface area contributed by atoms with Gasteiger partial charge in [-0.25, -0.2) is 0 Å². The summed E-state index contributed by atoms with van der Waals surface area (Å²) >= 11 is 0. The van der Waals surface area contributed by atoms with Gasteiger partial charge in [0.1, 0.15) is 0 Å². The molecule has 0 spiro atoms. The molecule has 2 fully saturated rings. The maximum atomic E-state index is 12.4. The summed E-state index contributed by atoms with van der Waals surface area (Å²) in [5, 5.41) is 0. The van der Waals surface area contributed by atoms with Gasteiger partial charge in [-0.2, -0.15) is 0 Å². The lowest BCUT2D eigenvalue weighted by molar-refractivity contribution is -0.146. The summed E-state index contributed by atoms with van der Waals surface area (Å²) in [5.41, 5.74) is 1.00. The molecule has 1 atom stereocenters. The van der Waals surface area contributed by atoms with Gasteiger partial charge >= 0.3 is 0 Å². The van der Waals surface area contributed by atoms with Crippen LogP contribution in [0.2, 0.25) is 0 Å². The molecule has 2 amide bonds. The minimum Gasteiger partial charge on any atom is -0.454 e. The van der Waals surface area contributed by atoms with Crippen molar-refractivity contribution in [3.8, 4) is 11.5 Å². The number of amides is 2. The van der Waals surface area contributed by atoms with E-state index in [1.54, 1.807) is 9.80 Å². The van der Waals surface area contributed by atoms with Gasteiger partial charge in [-0.1, -0.05) is 6.07 Å². The van der Waals surface area contributed by atoms with Crippen LogP contribution < -0.4 is 9.47 Å². The van der Waals surface area contributed by atoms with E-state index in [1.165, 1.54) is 0 Å². The molecule has 7 heteroatoms. The van der Waals surface area contributed by atoms with Crippen molar-refractivity contribution >= 4 is 11.8 Å². The van der Waals surface area contributed by atoms with E-state index in [9.17, 15) is 9.59 Å². The van der Waals surface area contributed by atoms with Crippen LogP contribution in [0.1, 0.15) is 18.4 Å². The fraction of sp³-hybridized carbons (Fsp3) is 0.556. The van der Waals surface area contributed by atoms with Crippen molar-refractivity contribution in [3.05, 3.63) is 23.8 Å². The third-order valence-electron chi connectivity index (χ3n) is 4.97. The fourth-order valence-corrected chi connectivity index (χ4v) is 3.47. The smallest absolute Gasteiger partial charge is 0.242 e. The van der Waals surface area contributed by atoms with E-state index in [0.717, 1.165) is 30.1 Å². The Bertz CT molecular complexity index is 671. The van der Waals surface area contributed by atoms with E-state index < -0.39 is 0 Å². The molecule has 1 aromatic carbocycles. The van der Waals surface area contributed by atoms with E-state index >= 15 is 0 Å². The second-order valence-corrected chi connectivity index (χ2v) is 6.75. The van der Waals surface area contributed by atoms with Gasteiger partial charge in [0.2, 0.25) is 18.6 Å². The molecule has 0 N–H and O–H groups in total. The molecule has 1 aromatic rings. The predicted octanol–water partition coefficient (Wildman–Crippen LogP) is 1.01. The number of hydrogen-bond acceptors (Lipinski definition) is 5. The zero-order valence-corrected chi connectivity index (χ0v) is 14.1. The Labute approximate surface area is 146 Å². The molecule has 1 unspecified atom stereocenters. The molecule has 134 valence electrons. The lowest BCUT2D eigenvalue weighted by Crippen LogP contribution is -2.52. The van der Waals surface area contributed by atoms with E-state index in [1.807, 2.05) is 18.2 Å². The third kappa shape index (κ3) is 3.56. The minimum atomic E-state index is -0.0139. The topological polar surface area (TPSA) is 68.3 Å². The summed E-state index contributed by atoms with van der Waals surface area (Å²) in [7, 11) is 0. The SMILES string of the molecule is O=C(CC1CCOC1)N1CCN(Cc2ccc3c(c2)OCO3)C(=O)C1. The molecule has 3 aliphatic rings. The Kier molecular flexibility index (Phi) is 4.48. The van der Waals surface area contributed by atoms with Crippen molar-refractivity contribution in [1.82, 2.24) is 9.80 Å². The van der Waals surface area contributed by atoms with Crippen LogP contribution in [0, 0.1) is 5.92 Å². The van der Waals surface area contributed by atoms with Crippen molar-refractivity contribution in [3.63, 3.8) is 0 Å². The predicted molar refractivity (Wildman–Crippen MR) is 88.1 cm³/mol. The summed E-state index contributed by atoms with van der Waals surface area (Å²) in [6.07, 6.45) is 1.42. The summed E-state index contributed by atoms with van der Waals surface area (Å²) in [6.45, 7) is 3.46. The normalized spacial score (nSPS) is 22.6. The first-order valence-electron chi connectivity index (χ1n) is 8.71. The lowest BCUT2D eigenvalue weighted by Gasteiger charge is -2.34. The first kappa shape index (κ1) is 16.2. The van der Waals surface area contributed by atoms with Crippen molar-refractivity contribution in [2.24, 2.45) is 5.92 Å². The number of benzene rings is 1. The molecule has 3 heterocycles. The lowest BCUT2D eigenvalue weighted by atomic mass is 10.0. The Morgan fingerprint density at radius 2 is 2.08 bits per heavy atom. The maximum Gasteiger partial charge on any atom is 0.242 e. The van der Waals surface area contributed by atoms with Crippen LogP contribution in [-0.2, 0) is 20.9 Å². The Morgan fingerprint density at radius 1 is 1.20 bits per heavy atom. The van der Waals surface area contributed by atoms with Gasteiger partial charge in [0.25, 0.3) is 0 Å². The summed E-state index contributed by atoms with van der Waals surface area (Å²) < 4.78 is 16.0. The van der Waals surface area contributed by atoms with Crippen molar-refractivity contribution < 1.29 is 23.8 Å². The van der Waals surface area contributed by atoms with Gasteiger partial charge in [-0.3, -0.25) is 9.59 Å². The van der Waals surface area contributed by atoms with E-state index in [2.05, 4.69) is 0 Å². The first-order chi connectivity index (χ1) is 12.2. The Balaban J connectivity index is 1.32. The van der Waals surface area contributed by atoms with Crippen molar-refractivity contribution in [2.45, 2.75) is 19.4 Å². The molecule has 4 rings (SSSR count). The number of rotatable bonds is 4. The standard InChI is InChI=1S/C18H22N2O5/c21-17(8-14-3-6-23-11-14)20-5-4-19(18(22)10-20)9-13-1-2-15-16(7-13)25-12-24-15/h1-2,7,14H,3-6,8-12H2. The second kappa shape index (κ2) is 6.92. The molecular formula is C18H22N2O5. The highest BCUT2D eigenvalue weighted by Crippen LogP contribution is 2.33. The van der Waals surface area contributed by atoms with Crippen LogP contribution >= 0.6 is 0 Å². The molecule has 2 saturated heterocycles. The average Bonchev–Trinajstić information content (AvgIpc) is 3.27. The highest BCUT2D eigenvalue weighted by atomic mass is 16.7. The largest absolute Gasteiger partial charge is 0.454 e. The summed E-state index contributed by atoms with van der Waals surface area (Å²) in [4.78, 5) is 28.3. The van der Waals surface area contributed by atoms with Gasteiger partial charge in [-0.15, -0.1) is 0 Å². The molecular weight excluding hydrogens is 324 g/mol. The molecule has 7 nitrogen and oxygen atoms in total. The van der Waals surface area contributed by atoms with Crippen LogP contribution in [0.3, 0.4) is 0 Å². The van der Waals surface area contributed by atoms with E-state index in [-0.39, 0.29) is 25.2 Å². The zero-order chi connectivity index (χ0) is 17.2. The number of carbonyl (C=O) groups excluding carboxylic acids is 2. The monoisotopic (exact) mass is 346 g/mol. The second-order valence-electron chi connectivity index (χ2n) is 6.75. The molecule has 0 aliphatic carbocycles. The maximum absolute atomic E-state index is 12.4. The number of nitrogens with zero attached hydrogens (tertiary/aromatic N) is 2. The van der Waals surface area contributed by atoms with Gasteiger partial charge in [0.05, 0.1) is 6.54 Å². The van der Waals surface area contributed by atoms with Crippen LogP contribution in [0.5, 0.6) is 11.5 Å². The van der Waals surface area contributed by atoms with Gasteiger partial charge in [-0.05, 0) is 30.0 Å². The molecule has 0 aromatic heterocycles. The summed E-state index contributed by atoms with van der Waals surface area (Å²) in [5.74, 6) is 1.81. The van der Waals surface area contributed by atoms with E-state index in [4.69, 9.17) is 14.2 Å². The van der Waals surface area contributed by atoms with Gasteiger partial charge in [0, 0.05) is 39.3 Å². The third-order valence-corrected chi connectivity index (χ3v) is 4.97. The number of hydrogen-bond donors (Lipinski definition) is 0. The number of ether oxygens (including phenoxy) is 3. The molecule has 0 radical (unpaired) electrons. The average molecular weight is 346 g/mol. The molecule has 0 bridgehead atoms. The van der Waals surface area contributed by atoms with Crippen molar-refractivity contribution in [2.75, 3.05) is 39.6 Å². The van der Waals surface area contributed by atoms with Crippen LogP contribution in [0.4, 0.5) is 0 Å².